The highest BCUT2D eigenvalue weighted by Gasteiger charge is 2.58. The topological polar surface area (TPSA) is 57.5 Å². The van der Waals surface area contributed by atoms with Crippen molar-refractivity contribution in [2.24, 2.45) is 17.3 Å². The number of rotatable bonds is 5. The molecule has 0 heterocycles. The molecule has 5 rings (SSSR count). The molecule has 140 valence electrons. The summed E-state index contributed by atoms with van der Waals surface area (Å²) in [6.07, 6.45) is -0.401. The molecule has 0 amide bonds. The monoisotopic (exact) mass is 362 g/mol. The minimum Gasteiger partial charge on any atom is -0.388 e. The van der Waals surface area contributed by atoms with Gasteiger partial charge in [-0.2, -0.15) is 0 Å². The minimum absolute atomic E-state index is 0.0338. The van der Waals surface area contributed by atoms with Gasteiger partial charge in [0.1, 0.15) is 6.10 Å². The quantitative estimate of drug-likeness (QED) is 0.830. The third-order valence-electron chi connectivity index (χ3n) is 6.60. The number of carbonyl (C=O) groups excluding carboxylic acids is 1. The summed E-state index contributed by atoms with van der Waals surface area (Å²) in [5.74, 6) is 0.245. The molecule has 2 bridgehead atoms. The summed E-state index contributed by atoms with van der Waals surface area (Å²) in [6.45, 7) is 4.26. The van der Waals surface area contributed by atoms with Crippen molar-refractivity contribution in [3.63, 3.8) is 0 Å². The largest absolute Gasteiger partial charge is 0.388 e. The van der Waals surface area contributed by atoms with Crippen LogP contribution in [0.4, 0.5) is 0 Å². The molecule has 2 N–H and O–H groups in total. The predicted molar refractivity (Wildman–Crippen MR) is 105 cm³/mol. The number of carbonyl (C=O) groups is 1. The maximum Gasteiger partial charge on any atom is 0.165 e. The second-order valence-corrected chi connectivity index (χ2v) is 8.41. The fraction of sp³-hybridized carbons (Fsp3) is 0.375. The number of hydrogen-bond donors (Lipinski definition) is 2. The maximum absolute atomic E-state index is 13.2. The van der Waals surface area contributed by atoms with E-state index in [1.807, 2.05) is 60.7 Å². The highest BCUT2D eigenvalue weighted by molar-refractivity contribution is 6.02. The molecule has 0 radical (unpaired) electrons. The lowest BCUT2D eigenvalue weighted by molar-refractivity contribution is -0.137. The Morgan fingerprint density at radius 2 is 1.48 bits per heavy atom. The van der Waals surface area contributed by atoms with Crippen molar-refractivity contribution in [1.29, 1.82) is 0 Å². The Hall–Kier alpha value is -2.23. The fourth-order valence-corrected chi connectivity index (χ4v) is 4.86. The van der Waals surface area contributed by atoms with Gasteiger partial charge in [0, 0.05) is 11.5 Å². The normalized spacial score (nSPS) is 25.7. The van der Waals surface area contributed by atoms with Crippen LogP contribution in [-0.4, -0.2) is 16.0 Å². The summed E-state index contributed by atoms with van der Waals surface area (Å²) >= 11 is 0. The maximum atomic E-state index is 13.2. The van der Waals surface area contributed by atoms with Gasteiger partial charge < -0.3 is 10.2 Å². The Kier molecular flexibility index (Phi) is 4.53. The van der Waals surface area contributed by atoms with Crippen LogP contribution in [0.25, 0.3) is 0 Å². The summed E-state index contributed by atoms with van der Waals surface area (Å²) in [6, 6.07) is 18.9. The summed E-state index contributed by atoms with van der Waals surface area (Å²) in [5, 5.41) is 21.8. The summed E-state index contributed by atoms with van der Waals surface area (Å²) in [4.78, 5) is 13.2. The number of aliphatic hydroxyl groups is 2. The molecule has 3 aliphatic rings. The van der Waals surface area contributed by atoms with Gasteiger partial charge in [0.05, 0.1) is 6.10 Å². The molecule has 2 aromatic rings. The van der Waals surface area contributed by atoms with Gasteiger partial charge in [-0.3, -0.25) is 4.79 Å². The van der Waals surface area contributed by atoms with Gasteiger partial charge in [-0.25, -0.2) is 0 Å². The van der Waals surface area contributed by atoms with Crippen LogP contribution in [0, 0.1) is 17.3 Å². The van der Waals surface area contributed by atoms with Crippen molar-refractivity contribution >= 4 is 5.78 Å². The van der Waals surface area contributed by atoms with Crippen molar-refractivity contribution in [3.8, 4) is 0 Å². The molecule has 3 aliphatic carbocycles. The van der Waals surface area contributed by atoms with E-state index in [1.165, 1.54) is 0 Å². The molecule has 3 nitrogen and oxygen atoms in total. The van der Waals surface area contributed by atoms with Crippen LogP contribution >= 0.6 is 0 Å². The molecule has 4 atom stereocenters. The molecule has 1 fully saturated rings. The average molecular weight is 362 g/mol. The molecule has 2 unspecified atom stereocenters. The van der Waals surface area contributed by atoms with E-state index in [0.717, 1.165) is 23.1 Å². The molecule has 0 aromatic heterocycles. The van der Waals surface area contributed by atoms with Gasteiger partial charge in [-0.15, -0.1) is 0 Å². The Bertz CT molecular complexity index is 867. The van der Waals surface area contributed by atoms with Gasteiger partial charge in [-0.1, -0.05) is 80.1 Å². The van der Waals surface area contributed by atoms with Gasteiger partial charge >= 0.3 is 0 Å². The Labute approximate surface area is 160 Å². The number of fused-ring (bicyclic) bond motifs is 1. The van der Waals surface area contributed by atoms with Gasteiger partial charge in [-0.05, 0) is 35.3 Å². The van der Waals surface area contributed by atoms with E-state index in [9.17, 15) is 15.0 Å². The Morgan fingerprint density at radius 3 is 2.04 bits per heavy atom. The van der Waals surface area contributed by atoms with E-state index in [-0.39, 0.29) is 23.0 Å². The molecule has 2 aromatic carbocycles. The molecule has 0 spiro atoms. The van der Waals surface area contributed by atoms with Crippen molar-refractivity contribution < 1.29 is 15.0 Å². The Morgan fingerprint density at radius 1 is 0.926 bits per heavy atom. The van der Waals surface area contributed by atoms with Gasteiger partial charge in [0.25, 0.3) is 0 Å². The average Bonchev–Trinajstić information content (AvgIpc) is 2.68. The van der Waals surface area contributed by atoms with E-state index in [0.29, 0.717) is 12.0 Å². The lowest BCUT2D eigenvalue weighted by Gasteiger charge is -2.57. The molecule has 3 heteroatoms. The standard InChI is InChI=1S/C24H26O3/c1-24(2)18-14-19(24)23(27)21(22(26)16-11-7-4-8-12-16)17(18)13-20(25)15-9-5-3-6-10-15/h3-12,18-20,22,25-26H,13-14H2,1-2H3/t18-,19+,20?,22?/m1/s1. The van der Waals surface area contributed by atoms with Crippen LogP contribution in [0.5, 0.6) is 0 Å². The first-order valence-electron chi connectivity index (χ1n) is 9.64. The van der Waals surface area contributed by atoms with Gasteiger partial charge in [0.2, 0.25) is 0 Å². The predicted octanol–water partition coefficient (Wildman–Crippen LogP) is 4.39. The SMILES string of the molecule is CC1(C)[C@@H]2C[C@H]1C(=O)C(C(O)c1ccccc1)=C2CC(O)c1ccccc1. The molecule has 27 heavy (non-hydrogen) atoms. The van der Waals surface area contributed by atoms with Gasteiger partial charge in [0.15, 0.2) is 5.78 Å². The minimum atomic E-state index is -0.932. The molecular weight excluding hydrogens is 336 g/mol. The summed E-state index contributed by atoms with van der Waals surface area (Å²) in [7, 11) is 0. The van der Waals surface area contributed by atoms with Crippen molar-refractivity contribution in [2.75, 3.05) is 0 Å². The van der Waals surface area contributed by atoms with Crippen LogP contribution in [0.1, 0.15) is 50.0 Å². The second-order valence-electron chi connectivity index (χ2n) is 8.41. The smallest absolute Gasteiger partial charge is 0.165 e. The molecule has 1 saturated carbocycles. The zero-order valence-electron chi connectivity index (χ0n) is 15.8. The third-order valence-corrected chi connectivity index (χ3v) is 6.60. The van der Waals surface area contributed by atoms with Crippen LogP contribution in [-0.2, 0) is 4.79 Å². The first kappa shape index (κ1) is 18.1. The van der Waals surface area contributed by atoms with Crippen LogP contribution in [0.15, 0.2) is 71.8 Å². The zero-order chi connectivity index (χ0) is 19.2. The number of aliphatic hydroxyl groups excluding tert-OH is 2. The summed E-state index contributed by atoms with van der Waals surface area (Å²) in [5.41, 5.74) is 2.90. The zero-order valence-corrected chi connectivity index (χ0v) is 15.8. The number of Topliss-reactive ketones (excluding diaryl/α,β-unsaturated/α-hetero) is 1. The number of benzene rings is 2. The molecule has 0 aliphatic heterocycles. The van der Waals surface area contributed by atoms with Crippen molar-refractivity contribution in [2.45, 2.75) is 38.9 Å². The lowest BCUT2D eigenvalue weighted by Crippen LogP contribution is -2.55. The van der Waals surface area contributed by atoms with Crippen LogP contribution in [0.2, 0.25) is 0 Å². The lowest BCUT2D eigenvalue weighted by atomic mass is 9.46. The first-order valence-corrected chi connectivity index (χ1v) is 9.64. The van der Waals surface area contributed by atoms with Crippen LogP contribution < -0.4 is 0 Å². The third kappa shape index (κ3) is 2.95. The van der Waals surface area contributed by atoms with Crippen molar-refractivity contribution in [3.05, 3.63) is 82.9 Å². The summed E-state index contributed by atoms with van der Waals surface area (Å²) < 4.78 is 0. The van der Waals surface area contributed by atoms with E-state index in [4.69, 9.17) is 0 Å². The number of ketones is 1. The highest BCUT2D eigenvalue weighted by atomic mass is 16.3. The second kappa shape index (κ2) is 6.74. The van der Waals surface area contributed by atoms with Crippen LogP contribution in [0.3, 0.4) is 0 Å². The number of hydrogen-bond acceptors (Lipinski definition) is 3. The van der Waals surface area contributed by atoms with E-state index >= 15 is 0 Å². The molecular formula is C24H26O3. The fourth-order valence-electron chi connectivity index (χ4n) is 4.86. The first-order chi connectivity index (χ1) is 12.9. The van der Waals surface area contributed by atoms with Crippen molar-refractivity contribution in [1.82, 2.24) is 0 Å². The molecule has 0 saturated heterocycles. The highest BCUT2D eigenvalue weighted by Crippen LogP contribution is 2.62. The van der Waals surface area contributed by atoms with E-state index in [1.54, 1.807) is 0 Å². The van der Waals surface area contributed by atoms with E-state index in [2.05, 4.69) is 13.8 Å². The van der Waals surface area contributed by atoms with E-state index < -0.39 is 12.2 Å². The Balaban J connectivity index is 1.75.